The Bertz CT molecular complexity index is 1560. The number of ether oxygens (including phenoxy) is 1. The molecule has 0 saturated carbocycles. The number of nitrogens with zero attached hydrogens (tertiary/aromatic N) is 3. The second-order valence-electron chi connectivity index (χ2n) is 11.4. The summed E-state index contributed by atoms with van der Waals surface area (Å²) in [5.74, 6) is -4.06. The lowest BCUT2D eigenvalue weighted by Crippen LogP contribution is -2.80. The molecule has 2 aromatic carbocycles. The number of esters is 1. The molecule has 3 saturated heterocycles. The van der Waals surface area contributed by atoms with E-state index < -0.39 is 63.5 Å². The molecule has 4 atom stereocenters. The third-order valence-electron chi connectivity index (χ3n) is 8.36. The van der Waals surface area contributed by atoms with Gasteiger partial charge in [-0.3, -0.25) is 33.8 Å². The first-order chi connectivity index (χ1) is 22.0. The van der Waals surface area contributed by atoms with Crippen molar-refractivity contribution in [2.75, 3.05) is 19.6 Å². The van der Waals surface area contributed by atoms with Gasteiger partial charge in [-0.2, -0.15) is 0 Å². The van der Waals surface area contributed by atoms with Crippen LogP contribution in [0.5, 0.6) is 0 Å². The van der Waals surface area contributed by atoms with Gasteiger partial charge in [0.2, 0.25) is 18.0 Å². The monoisotopic (exact) mass is 650 g/mol. The van der Waals surface area contributed by atoms with Crippen LogP contribution in [-0.4, -0.2) is 98.2 Å². The van der Waals surface area contributed by atoms with E-state index in [0.29, 0.717) is 24.1 Å². The van der Waals surface area contributed by atoms with E-state index >= 15 is 0 Å². The van der Waals surface area contributed by atoms with Crippen LogP contribution in [0, 0.1) is 0 Å². The Morgan fingerprint density at radius 3 is 2.28 bits per heavy atom. The second-order valence-corrected chi connectivity index (χ2v) is 13.1. The number of benzene rings is 2. The summed E-state index contributed by atoms with van der Waals surface area (Å²) >= 11 is 1.20. The van der Waals surface area contributed by atoms with Gasteiger partial charge in [-0.1, -0.05) is 60.7 Å². The van der Waals surface area contributed by atoms with E-state index in [2.05, 4.69) is 16.0 Å². The average Bonchev–Trinajstić information content (AvgIpc) is 3.27. The number of β-lactam (4-membered cyclic amide) rings is 1. The quantitative estimate of drug-likeness (QED) is 0.143. The molecule has 3 heterocycles. The van der Waals surface area contributed by atoms with E-state index in [0.717, 1.165) is 4.90 Å². The first-order valence-electron chi connectivity index (χ1n) is 14.7. The maximum Gasteiger partial charge on any atom is 0.355 e. The minimum Gasteiger partial charge on any atom is -0.458 e. The predicted molar refractivity (Wildman–Crippen MR) is 164 cm³/mol. The largest absolute Gasteiger partial charge is 0.458 e. The molecule has 0 radical (unpaired) electrons. The molecule has 3 N–H and O–H groups in total. The predicted octanol–water partition coefficient (Wildman–Crippen LogP) is 0.492. The molecule has 242 valence electrons. The van der Waals surface area contributed by atoms with Crippen molar-refractivity contribution in [2.24, 2.45) is 0 Å². The third-order valence-corrected chi connectivity index (χ3v) is 9.97. The van der Waals surface area contributed by atoms with Crippen molar-refractivity contribution < 1.29 is 38.3 Å². The van der Waals surface area contributed by atoms with Crippen molar-refractivity contribution in [3.05, 3.63) is 71.8 Å². The maximum absolute atomic E-state index is 13.7. The fraction of sp³-hybridized carbons (Fsp3) is 0.387. The fourth-order valence-electron chi connectivity index (χ4n) is 5.86. The molecule has 15 heteroatoms. The Morgan fingerprint density at radius 2 is 1.65 bits per heavy atom. The van der Waals surface area contributed by atoms with Gasteiger partial charge < -0.3 is 25.6 Å². The number of amides is 7. The summed E-state index contributed by atoms with van der Waals surface area (Å²) in [6.07, 6.45) is 0.334. The SMILES string of the molecule is CCN1CCN(C(=O)NC(C(=O)N[C@@H]2C(=O)N3[C@@H]2SC(C)(C)[C@]3(NC=O)C(=O)OCc2ccccc2)c2ccccc2)C(=O)C1=O. The molecule has 1 unspecified atom stereocenters. The number of piperazine rings is 1. The number of urea groups is 1. The molecule has 0 spiro atoms. The minimum atomic E-state index is -1.86. The molecule has 0 aliphatic carbocycles. The first-order valence-corrected chi connectivity index (χ1v) is 15.5. The van der Waals surface area contributed by atoms with Crippen LogP contribution in [0.25, 0.3) is 0 Å². The molecule has 7 amide bonds. The molecule has 3 aliphatic rings. The maximum atomic E-state index is 13.7. The van der Waals surface area contributed by atoms with Crippen LogP contribution < -0.4 is 16.0 Å². The highest BCUT2D eigenvalue weighted by atomic mass is 32.2. The molecular formula is C31H34N6O8S. The highest BCUT2D eigenvalue weighted by molar-refractivity contribution is 8.01. The van der Waals surface area contributed by atoms with E-state index in [1.165, 1.54) is 21.6 Å². The standard InChI is InChI=1S/C31H34N6O8S/c1-4-35-15-16-36(26(42)25(35)41)29(44)34-21(20-13-9-6-10-14-20)23(39)33-22-24(40)37-27(22)46-30(2,3)31(37,32-18-38)28(43)45-17-19-11-7-5-8-12-19/h5-14,18,21-22,27H,4,15-17H2,1-3H3,(H,32,38)(H,33,39)(H,34,44)/t21?,22-,27-,31+/m1/s1. The molecule has 14 nitrogen and oxygen atoms in total. The van der Waals surface area contributed by atoms with Crippen LogP contribution in [-0.2, 0) is 40.1 Å². The first kappa shape index (κ1) is 32.5. The summed E-state index contributed by atoms with van der Waals surface area (Å²) in [7, 11) is 0. The molecule has 0 bridgehead atoms. The van der Waals surface area contributed by atoms with E-state index in [1.807, 2.05) is 6.07 Å². The zero-order chi connectivity index (χ0) is 33.2. The Labute approximate surface area is 269 Å². The van der Waals surface area contributed by atoms with Crippen LogP contribution in [0.3, 0.4) is 0 Å². The number of fused-ring (bicyclic) bond motifs is 1. The van der Waals surface area contributed by atoms with E-state index in [1.54, 1.807) is 75.4 Å². The lowest BCUT2D eigenvalue weighted by Gasteiger charge is -2.49. The van der Waals surface area contributed by atoms with Gasteiger partial charge in [0.1, 0.15) is 24.1 Å². The number of hydrogen-bond donors (Lipinski definition) is 3. The average molecular weight is 651 g/mol. The zero-order valence-corrected chi connectivity index (χ0v) is 26.2. The molecule has 5 rings (SSSR count). The van der Waals surface area contributed by atoms with Crippen LogP contribution in [0.15, 0.2) is 60.7 Å². The van der Waals surface area contributed by atoms with Crippen molar-refractivity contribution >= 4 is 53.8 Å². The summed E-state index contributed by atoms with van der Waals surface area (Å²) in [5, 5.41) is 6.99. The van der Waals surface area contributed by atoms with Gasteiger partial charge in [0.15, 0.2) is 0 Å². The smallest absolute Gasteiger partial charge is 0.355 e. The zero-order valence-electron chi connectivity index (χ0n) is 25.4. The van der Waals surface area contributed by atoms with Gasteiger partial charge in [0.05, 0.1) is 4.75 Å². The number of thioether (sulfide) groups is 1. The topological polar surface area (TPSA) is 175 Å². The number of likely N-dealkylation sites (N-methyl/N-ethyl adjacent to an activating group) is 1. The molecule has 3 fully saturated rings. The molecule has 3 aliphatic heterocycles. The number of nitrogens with one attached hydrogen (secondary N) is 3. The Morgan fingerprint density at radius 1 is 1.00 bits per heavy atom. The summed E-state index contributed by atoms with van der Waals surface area (Å²) < 4.78 is 4.51. The van der Waals surface area contributed by atoms with Crippen molar-refractivity contribution in [3.63, 3.8) is 0 Å². The summed E-state index contributed by atoms with van der Waals surface area (Å²) in [5.41, 5.74) is -0.786. The molecule has 0 aromatic heterocycles. The lowest BCUT2D eigenvalue weighted by molar-refractivity contribution is -0.180. The highest BCUT2D eigenvalue weighted by Gasteiger charge is 2.74. The summed E-state index contributed by atoms with van der Waals surface area (Å²) in [6, 6.07) is 13.8. The Kier molecular flexibility index (Phi) is 9.06. The molecular weight excluding hydrogens is 616 g/mol. The van der Waals surface area contributed by atoms with Gasteiger partial charge >= 0.3 is 23.8 Å². The fourth-order valence-corrected chi connectivity index (χ4v) is 7.57. The molecule has 2 aromatic rings. The number of hydrogen-bond acceptors (Lipinski definition) is 9. The third kappa shape index (κ3) is 5.55. The highest BCUT2D eigenvalue weighted by Crippen LogP contribution is 2.56. The van der Waals surface area contributed by atoms with E-state index in [4.69, 9.17) is 4.74 Å². The molecule has 46 heavy (non-hydrogen) atoms. The van der Waals surface area contributed by atoms with Gasteiger partial charge in [-0.05, 0) is 31.9 Å². The number of carbonyl (C=O) groups is 7. The summed E-state index contributed by atoms with van der Waals surface area (Å²) in [4.78, 5) is 94.3. The van der Waals surface area contributed by atoms with Crippen LogP contribution in [0.4, 0.5) is 4.79 Å². The summed E-state index contributed by atoms with van der Waals surface area (Å²) in [6.45, 7) is 5.42. The van der Waals surface area contributed by atoms with Crippen molar-refractivity contribution in [1.82, 2.24) is 30.7 Å². The number of carbonyl (C=O) groups excluding carboxylic acids is 7. The van der Waals surface area contributed by atoms with Crippen molar-refractivity contribution in [1.29, 1.82) is 0 Å². The van der Waals surface area contributed by atoms with E-state index in [9.17, 15) is 33.6 Å². The second kappa shape index (κ2) is 12.8. The van der Waals surface area contributed by atoms with Gasteiger partial charge in [-0.15, -0.1) is 11.8 Å². The lowest BCUT2D eigenvalue weighted by atomic mass is 9.88. The normalized spacial score (nSPS) is 24.0. The van der Waals surface area contributed by atoms with E-state index in [-0.39, 0.29) is 19.7 Å². The Hall–Kier alpha value is -4.92. The minimum absolute atomic E-state index is 0.0522. The van der Waals surface area contributed by atoms with Crippen LogP contribution in [0.2, 0.25) is 0 Å². The van der Waals surface area contributed by atoms with Gasteiger partial charge in [0.25, 0.3) is 5.91 Å². The van der Waals surface area contributed by atoms with Crippen molar-refractivity contribution in [3.8, 4) is 0 Å². The van der Waals surface area contributed by atoms with Crippen LogP contribution >= 0.6 is 11.8 Å². The van der Waals surface area contributed by atoms with Gasteiger partial charge in [0, 0.05) is 19.6 Å². The Balaban J connectivity index is 1.34. The van der Waals surface area contributed by atoms with Gasteiger partial charge in [-0.25, -0.2) is 9.59 Å². The van der Waals surface area contributed by atoms with Crippen molar-refractivity contribution in [2.45, 2.75) is 55.2 Å². The number of rotatable bonds is 10. The number of imide groups is 1. The van der Waals surface area contributed by atoms with Crippen LogP contribution in [0.1, 0.15) is 37.9 Å².